The molecule has 1 aliphatic rings. The van der Waals surface area contributed by atoms with Crippen LogP contribution >= 0.6 is 0 Å². The van der Waals surface area contributed by atoms with E-state index in [0.717, 1.165) is 0 Å². The van der Waals surface area contributed by atoms with Gasteiger partial charge in [0.25, 0.3) is 0 Å². The van der Waals surface area contributed by atoms with Gasteiger partial charge in [-0.1, -0.05) is 6.07 Å². The molecule has 0 aliphatic carbocycles. The Labute approximate surface area is 274 Å². The molecule has 4 rings (SSSR count). The minimum atomic E-state index is -0.589. The van der Waals surface area contributed by atoms with Gasteiger partial charge in [0.1, 0.15) is 22.9 Å². The Kier molecular flexibility index (Phi) is 13.2. The van der Waals surface area contributed by atoms with Crippen molar-refractivity contribution in [1.29, 1.82) is 5.26 Å². The summed E-state index contributed by atoms with van der Waals surface area (Å²) in [5.74, 6) is 1.05. The summed E-state index contributed by atoms with van der Waals surface area (Å²) in [4.78, 5) is 40.3. The number of fused-ring (bicyclic) bond motifs is 1. The number of rotatable bonds is 18. The zero-order chi connectivity index (χ0) is 33.8. The molecule has 16 heteroatoms. The molecule has 1 aromatic carbocycles. The largest absolute Gasteiger partial charge is 0.383 e. The molecular formula is C31H43FN10O5. The van der Waals surface area contributed by atoms with Crippen LogP contribution in [0.3, 0.4) is 0 Å². The van der Waals surface area contributed by atoms with Crippen molar-refractivity contribution in [2.75, 3.05) is 128 Å². The predicted octanol–water partition coefficient (Wildman–Crippen LogP) is 1.52. The number of aromatic nitrogens is 4. The second-order valence-electron chi connectivity index (χ2n) is 10.9. The Morgan fingerprint density at radius 2 is 1.45 bits per heavy atom. The van der Waals surface area contributed by atoms with E-state index in [1.807, 2.05) is 20.8 Å². The van der Waals surface area contributed by atoms with E-state index in [0.29, 0.717) is 106 Å². The van der Waals surface area contributed by atoms with Crippen LogP contribution in [0.2, 0.25) is 0 Å². The van der Waals surface area contributed by atoms with Crippen LogP contribution in [0.1, 0.15) is 11.1 Å². The molecule has 15 nitrogen and oxygen atoms in total. The average Bonchev–Trinajstić information content (AvgIpc) is 3.08. The van der Waals surface area contributed by atoms with Gasteiger partial charge in [0.2, 0.25) is 17.8 Å². The Morgan fingerprint density at radius 1 is 0.872 bits per heavy atom. The Morgan fingerprint density at radius 3 is 2.00 bits per heavy atom. The molecule has 0 saturated carbocycles. The van der Waals surface area contributed by atoms with Crippen LogP contribution in [0.15, 0.2) is 18.2 Å². The van der Waals surface area contributed by atoms with Crippen LogP contribution in [0.25, 0.3) is 11.0 Å². The number of piperazine rings is 1. The normalized spacial score (nSPS) is 13.3. The number of nitrogens with zero attached hydrogens (tertiary/aromatic N) is 9. The fraction of sp³-hybridized carbons (Fsp3) is 0.548. The van der Waals surface area contributed by atoms with E-state index in [1.165, 1.54) is 12.1 Å². The van der Waals surface area contributed by atoms with E-state index in [-0.39, 0.29) is 24.6 Å². The highest BCUT2D eigenvalue weighted by atomic mass is 19.1. The number of carbonyl (C=O) groups is 1. The maximum atomic E-state index is 14.1. The molecule has 2 aromatic heterocycles. The third-order valence-corrected chi connectivity index (χ3v) is 7.70. The van der Waals surface area contributed by atoms with Crippen molar-refractivity contribution in [3.8, 4) is 6.07 Å². The molecule has 1 saturated heterocycles. The van der Waals surface area contributed by atoms with Crippen molar-refractivity contribution in [2.45, 2.75) is 6.54 Å². The first-order valence-corrected chi connectivity index (χ1v) is 15.3. The van der Waals surface area contributed by atoms with E-state index in [4.69, 9.17) is 38.9 Å². The summed E-state index contributed by atoms with van der Waals surface area (Å²) in [6.07, 6.45) is 0. The first-order valence-electron chi connectivity index (χ1n) is 15.3. The summed E-state index contributed by atoms with van der Waals surface area (Å²) in [6.45, 7) is 5.02. The number of ether oxygens (including phenoxy) is 4. The van der Waals surface area contributed by atoms with E-state index in [9.17, 15) is 14.4 Å². The third-order valence-electron chi connectivity index (χ3n) is 7.70. The van der Waals surface area contributed by atoms with Gasteiger partial charge in [-0.15, -0.1) is 0 Å². The lowest BCUT2D eigenvalue weighted by Gasteiger charge is -2.34. The van der Waals surface area contributed by atoms with Crippen LogP contribution in [0.4, 0.5) is 27.9 Å². The van der Waals surface area contributed by atoms with Gasteiger partial charge in [-0.25, -0.2) is 14.4 Å². The minimum Gasteiger partial charge on any atom is -0.383 e. The number of hydrogen-bond donors (Lipinski definition) is 1. The monoisotopic (exact) mass is 654 g/mol. The van der Waals surface area contributed by atoms with Gasteiger partial charge >= 0.3 is 0 Å². The second kappa shape index (κ2) is 17.5. The Balaban J connectivity index is 1.92. The Hall–Kier alpha value is -4.43. The van der Waals surface area contributed by atoms with Gasteiger partial charge in [-0.05, 0) is 17.7 Å². The first kappa shape index (κ1) is 35.4. The van der Waals surface area contributed by atoms with Crippen LogP contribution in [-0.2, 0) is 30.3 Å². The second-order valence-corrected chi connectivity index (χ2v) is 10.9. The fourth-order valence-corrected chi connectivity index (χ4v) is 4.93. The summed E-state index contributed by atoms with van der Waals surface area (Å²) >= 11 is 0. The molecule has 0 radical (unpaired) electrons. The predicted molar refractivity (Wildman–Crippen MR) is 175 cm³/mol. The van der Waals surface area contributed by atoms with Crippen LogP contribution in [0, 0.1) is 17.1 Å². The van der Waals surface area contributed by atoms with Crippen molar-refractivity contribution in [3.05, 3.63) is 35.1 Å². The minimum absolute atomic E-state index is 0.0424. The maximum Gasteiger partial charge on any atom is 0.241 e. The SMILES string of the molecule is COCCN(CCOC)c1nc(N2CCN(C)C(=O)C2)c2nc(N(CCOC)CCOC)nc(NCc3ccc(F)c(C#N)c3)c2n1. The molecule has 47 heavy (non-hydrogen) atoms. The fourth-order valence-electron chi connectivity index (χ4n) is 4.93. The molecule has 3 heterocycles. The molecule has 0 spiro atoms. The van der Waals surface area contributed by atoms with Crippen molar-refractivity contribution in [1.82, 2.24) is 24.8 Å². The molecule has 254 valence electrons. The Bertz CT molecular complexity index is 1520. The van der Waals surface area contributed by atoms with Gasteiger partial charge in [0, 0.05) is 81.3 Å². The molecule has 0 atom stereocenters. The van der Waals surface area contributed by atoms with Gasteiger partial charge < -0.3 is 43.9 Å². The maximum absolute atomic E-state index is 14.1. The van der Waals surface area contributed by atoms with Gasteiger partial charge in [-0.2, -0.15) is 15.2 Å². The van der Waals surface area contributed by atoms with Crippen molar-refractivity contribution >= 4 is 40.5 Å². The molecule has 1 aliphatic heterocycles. The molecule has 1 N–H and O–H groups in total. The number of hydrogen-bond acceptors (Lipinski definition) is 14. The summed E-state index contributed by atoms with van der Waals surface area (Å²) in [5.41, 5.74) is 1.50. The number of methoxy groups -OCH3 is 4. The number of halogens is 1. The number of anilines is 4. The summed E-state index contributed by atoms with van der Waals surface area (Å²) in [7, 11) is 8.27. The molecule has 0 unspecified atom stereocenters. The number of benzene rings is 1. The molecule has 1 amide bonds. The zero-order valence-corrected chi connectivity index (χ0v) is 27.7. The quantitative estimate of drug-likeness (QED) is 0.211. The van der Waals surface area contributed by atoms with E-state index < -0.39 is 5.82 Å². The highest BCUT2D eigenvalue weighted by Crippen LogP contribution is 2.32. The summed E-state index contributed by atoms with van der Waals surface area (Å²) in [5, 5.41) is 12.7. The van der Waals surface area contributed by atoms with Gasteiger partial charge in [-0.3, -0.25) is 4.79 Å². The van der Waals surface area contributed by atoms with Crippen molar-refractivity contribution < 1.29 is 28.1 Å². The lowest BCUT2D eigenvalue weighted by Crippen LogP contribution is -2.49. The van der Waals surface area contributed by atoms with Gasteiger partial charge in [0.15, 0.2) is 11.6 Å². The lowest BCUT2D eigenvalue weighted by atomic mass is 10.1. The zero-order valence-electron chi connectivity index (χ0n) is 27.7. The van der Waals surface area contributed by atoms with Crippen molar-refractivity contribution in [3.63, 3.8) is 0 Å². The standard InChI is InChI=1S/C31H43FN10O5/c1-39-8-9-42(21-25(39)43)29-27-26(35-31(38-29)41(12-16-46-4)13-17-47-5)28(34-20-22-6-7-24(32)23(18-22)19-33)37-30(36-27)40(10-14-44-2)11-15-45-3/h6-7,18H,8-17,20-21H2,1-5H3,(H,34,36,37). The topological polar surface area (TPSA) is 154 Å². The number of carbonyl (C=O) groups excluding carboxylic acids is 1. The summed E-state index contributed by atoms with van der Waals surface area (Å²) in [6, 6.07) is 6.26. The number of nitrogens with one attached hydrogen (secondary N) is 1. The number of amides is 1. The van der Waals surface area contributed by atoms with Crippen LogP contribution in [-0.4, -0.2) is 138 Å². The molecule has 3 aromatic rings. The molecular weight excluding hydrogens is 611 g/mol. The van der Waals surface area contributed by atoms with Gasteiger partial charge in [0.05, 0.1) is 38.5 Å². The highest BCUT2D eigenvalue weighted by molar-refractivity contribution is 5.96. The summed E-state index contributed by atoms with van der Waals surface area (Å²) < 4.78 is 35.6. The first-order chi connectivity index (χ1) is 22.8. The number of nitriles is 1. The van der Waals surface area contributed by atoms with Crippen molar-refractivity contribution in [2.24, 2.45) is 0 Å². The smallest absolute Gasteiger partial charge is 0.241 e. The average molecular weight is 655 g/mol. The lowest BCUT2D eigenvalue weighted by molar-refractivity contribution is -0.129. The van der Waals surface area contributed by atoms with E-state index in [2.05, 4.69) is 5.32 Å². The van der Waals surface area contributed by atoms with E-state index in [1.54, 1.807) is 46.5 Å². The molecule has 0 bridgehead atoms. The third kappa shape index (κ3) is 9.10. The highest BCUT2D eigenvalue weighted by Gasteiger charge is 2.28. The van der Waals surface area contributed by atoms with E-state index >= 15 is 0 Å². The number of likely N-dealkylation sites (N-methyl/N-ethyl adjacent to an activating group) is 1. The van der Waals surface area contributed by atoms with Crippen LogP contribution in [0.5, 0.6) is 0 Å². The van der Waals surface area contributed by atoms with Crippen LogP contribution < -0.4 is 20.0 Å². The molecule has 1 fully saturated rings.